The van der Waals surface area contributed by atoms with Crippen molar-refractivity contribution in [3.05, 3.63) is 95.6 Å². The van der Waals surface area contributed by atoms with Crippen LogP contribution < -0.4 is 15.5 Å². The fourth-order valence-electron chi connectivity index (χ4n) is 4.03. The molecule has 6 nitrogen and oxygen atoms in total. The predicted octanol–water partition coefficient (Wildman–Crippen LogP) is 3.92. The van der Waals surface area contributed by atoms with Crippen molar-refractivity contribution in [1.82, 2.24) is 15.3 Å². The standard InChI is InChI=1S/C26H25N5O/c32-24(27-16-19-8-2-1-3-9-19)17-28-25-22-12-6-7-13-23(22)29-26(30-25)31-15-14-20-10-4-5-11-21(20)18-31/h1-13H,14-18H2,(H,27,32)(H,28,29,30). The van der Waals surface area contributed by atoms with Gasteiger partial charge in [-0.1, -0.05) is 66.7 Å². The van der Waals surface area contributed by atoms with Crippen LogP contribution >= 0.6 is 0 Å². The largest absolute Gasteiger partial charge is 0.360 e. The van der Waals surface area contributed by atoms with E-state index >= 15 is 0 Å². The Morgan fingerprint density at radius 2 is 1.62 bits per heavy atom. The van der Waals surface area contributed by atoms with Crippen molar-refractivity contribution in [1.29, 1.82) is 0 Å². The van der Waals surface area contributed by atoms with Crippen LogP contribution in [-0.4, -0.2) is 29.0 Å². The van der Waals surface area contributed by atoms with E-state index in [1.807, 2.05) is 54.6 Å². The van der Waals surface area contributed by atoms with Gasteiger partial charge in [-0.05, 0) is 35.2 Å². The molecular formula is C26H25N5O. The Labute approximate surface area is 187 Å². The lowest BCUT2D eigenvalue weighted by Crippen LogP contribution is -2.32. The van der Waals surface area contributed by atoms with Crippen LogP contribution in [0.3, 0.4) is 0 Å². The summed E-state index contributed by atoms with van der Waals surface area (Å²) in [7, 11) is 0. The zero-order valence-corrected chi connectivity index (χ0v) is 17.8. The molecule has 0 spiro atoms. The normalized spacial score (nSPS) is 12.9. The maximum Gasteiger partial charge on any atom is 0.239 e. The zero-order valence-electron chi connectivity index (χ0n) is 17.8. The van der Waals surface area contributed by atoms with Gasteiger partial charge in [0, 0.05) is 25.0 Å². The molecule has 0 saturated carbocycles. The number of para-hydroxylation sites is 1. The number of amides is 1. The lowest BCUT2D eigenvalue weighted by Gasteiger charge is -2.29. The molecule has 1 aromatic heterocycles. The minimum absolute atomic E-state index is 0.0787. The molecule has 160 valence electrons. The summed E-state index contributed by atoms with van der Waals surface area (Å²) in [5.74, 6) is 1.29. The lowest BCUT2D eigenvalue weighted by atomic mass is 10.0. The summed E-state index contributed by atoms with van der Waals surface area (Å²) in [6.45, 7) is 2.30. The second kappa shape index (κ2) is 9.06. The van der Waals surface area contributed by atoms with Gasteiger partial charge in [0.1, 0.15) is 5.82 Å². The molecular weight excluding hydrogens is 398 g/mol. The molecule has 0 unspecified atom stereocenters. The van der Waals surface area contributed by atoms with Crippen LogP contribution in [0.25, 0.3) is 10.9 Å². The second-order valence-electron chi connectivity index (χ2n) is 7.95. The van der Waals surface area contributed by atoms with Gasteiger partial charge in [0.05, 0.1) is 12.1 Å². The summed E-state index contributed by atoms with van der Waals surface area (Å²) in [4.78, 5) is 24.2. The van der Waals surface area contributed by atoms with Crippen LogP contribution in [0.5, 0.6) is 0 Å². The van der Waals surface area contributed by atoms with Crippen molar-refractivity contribution < 1.29 is 4.79 Å². The molecule has 1 amide bonds. The molecule has 2 N–H and O–H groups in total. The minimum atomic E-state index is -0.0787. The summed E-state index contributed by atoms with van der Waals surface area (Å²) in [5.41, 5.74) is 4.63. The molecule has 1 aliphatic rings. The summed E-state index contributed by atoms with van der Waals surface area (Å²) in [6, 6.07) is 26.3. The van der Waals surface area contributed by atoms with Crippen LogP contribution in [0.4, 0.5) is 11.8 Å². The monoisotopic (exact) mass is 423 g/mol. The van der Waals surface area contributed by atoms with Crippen molar-refractivity contribution in [2.75, 3.05) is 23.3 Å². The number of nitrogens with one attached hydrogen (secondary N) is 2. The Kier molecular flexibility index (Phi) is 5.66. The van der Waals surface area contributed by atoms with Crippen molar-refractivity contribution in [3.63, 3.8) is 0 Å². The first kappa shape index (κ1) is 20.0. The van der Waals surface area contributed by atoms with E-state index in [-0.39, 0.29) is 12.5 Å². The number of rotatable bonds is 6. The molecule has 0 atom stereocenters. The smallest absolute Gasteiger partial charge is 0.239 e. The highest BCUT2D eigenvalue weighted by Gasteiger charge is 2.20. The molecule has 0 aliphatic carbocycles. The summed E-state index contributed by atoms with van der Waals surface area (Å²) in [5, 5.41) is 7.09. The molecule has 1 aliphatic heterocycles. The van der Waals surface area contributed by atoms with Crippen molar-refractivity contribution in [2.24, 2.45) is 0 Å². The van der Waals surface area contributed by atoms with Gasteiger partial charge >= 0.3 is 0 Å². The third kappa shape index (κ3) is 4.39. The highest BCUT2D eigenvalue weighted by Crippen LogP contribution is 2.27. The third-order valence-corrected chi connectivity index (χ3v) is 5.75. The Bertz CT molecular complexity index is 1240. The first-order valence-electron chi connectivity index (χ1n) is 10.9. The van der Waals surface area contributed by atoms with Crippen LogP contribution in [0, 0.1) is 0 Å². The predicted molar refractivity (Wildman–Crippen MR) is 128 cm³/mol. The molecule has 3 aromatic carbocycles. The molecule has 0 radical (unpaired) electrons. The van der Waals surface area contributed by atoms with E-state index in [1.165, 1.54) is 11.1 Å². The fraction of sp³-hybridized carbons (Fsp3) is 0.192. The van der Waals surface area contributed by atoms with E-state index < -0.39 is 0 Å². The van der Waals surface area contributed by atoms with E-state index in [0.29, 0.717) is 18.3 Å². The molecule has 2 heterocycles. The van der Waals surface area contributed by atoms with Gasteiger partial charge in [-0.15, -0.1) is 0 Å². The van der Waals surface area contributed by atoms with Crippen molar-refractivity contribution >= 4 is 28.6 Å². The summed E-state index contributed by atoms with van der Waals surface area (Å²) < 4.78 is 0. The second-order valence-corrected chi connectivity index (χ2v) is 7.95. The molecule has 5 rings (SSSR count). The summed E-state index contributed by atoms with van der Waals surface area (Å²) in [6.07, 6.45) is 0.969. The minimum Gasteiger partial charge on any atom is -0.360 e. The highest BCUT2D eigenvalue weighted by molar-refractivity contribution is 5.91. The van der Waals surface area contributed by atoms with Gasteiger partial charge in [-0.25, -0.2) is 4.98 Å². The number of carbonyl (C=O) groups excluding carboxylic acids is 1. The Balaban J connectivity index is 1.33. The van der Waals surface area contributed by atoms with E-state index in [2.05, 4.69) is 39.8 Å². The number of hydrogen-bond donors (Lipinski definition) is 2. The summed E-state index contributed by atoms with van der Waals surface area (Å²) >= 11 is 0. The number of aromatic nitrogens is 2. The van der Waals surface area contributed by atoms with Gasteiger partial charge in [-0.3, -0.25) is 4.79 Å². The van der Waals surface area contributed by atoms with Gasteiger partial charge in [0.15, 0.2) is 0 Å². The van der Waals surface area contributed by atoms with E-state index in [0.717, 1.165) is 36.0 Å². The molecule has 0 fully saturated rings. The molecule has 0 saturated heterocycles. The quantitative estimate of drug-likeness (QED) is 0.492. The van der Waals surface area contributed by atoms with Gasteiger partial charge in [0.25, 0.3) is 0 Å². The van der Waals surface area contributed by atoms with Crippen LogP contribution in [0.2, 0.25) is 0 Å². The topological polar surface area (TPSA) is 70.2 Å². The van der Waals surface area contributed by atoms with Crippen molar-refractivity contribution in [3.8, 4) is 0 Å². The first-order chi connectivity index (χ1) is 15.8. The molecule has 4 aromatic rings. The Morgan fingerprint density at radius 1 is 0.875 bits per heavy atom. The Hall–Kier alpha value is -3.93. The number of benzene rings is 3. The van der Waals surface area contributed by atoms with Gasteiger partial charge in [0.2, 0.25) is 11.9 Å². The van der Waals surface area contributed by atoms with Crippen LogP contribution in [0.15, 0.2) is 78.9 Å². The van der Waals surface area contributed by atoms with E-state index in [9.17, 15) is 4.79 Å². The Morgan fingerprint density at radius 3 is 2.50 bits per heavy atom. The molecule has 0 bridgehead atoms. The van der Waals surface area contributed by atoms with Gasteiger partial charge in [-0.2, -0.15) is 4.98 Å². The van der Waals surface area contributed by atoms with Crippen molar-refractivity contribution in [2.45, 2.75) is 19.5 Å². The first-order valence-corrected chi connectivity index (χ1v) is 10.9. The number of anilines is 2. The fourth-order valence-corrected chi connectivity index (χ4v) is 4.03. The number of hydrogen-bond acceptors (Lipinski definition) is 5. The number of carbonyl (C=O) groups is 1. The number of nitrogens with zero attached hydrogens (tertiary/aromatic N) is 3. The maximum absolute atomic E-state index is 12.4. The van der Waals surface area contributed by atoms with E-state index in [1.54, 1.807) is 0 Å². The lowest BCUT2D eigenvalue weighted by molar-refractivity contribution is -0.119. The van der Waals surface area contributed by atoms with E-state index in [4.69, 9.17) is 9.97 Å². The van der Waals surface area contributed by atoms with Crippen LogP contribution in [0.1, 0.15) is 16.7 Å². The SMILES string of the molecule is O=C(CNc1nc(N2CCc3ccccc3C2)nc2ccccc12)NCc1ccccc1. The zero-order chi connectivity index (χ0) is 21.8. The molecule has 32 heavy (non-hydrogen) atoms. The van der Waals surface area contributed by atoms with Gasteiger partial charge < -0.3 is 15.5 Å². The third-order valence-electron chi connectivity index (χ3n) is 5.75. The molecule has 6 heteroatoms. The number of fused-ring (bicyclic) bond motifs is 2. The maximum atomic E-state index is 12.4. The van der Waals surface area contributed by atoms with Crippen LogP contribution in [-0.2, 0) is 24.3 Å². The average molecular weight is 424 g/mol. The highest BCUT2D eigenvalue weighted by atomic mass is 16.1. The average Bonchev–Trinajstić information content (AvgIpc) is 2.86.